The van der Waals surface area contributed by atoms with E-state index in [0.717, 1.165) is 0 Å². The van der Waals surface area contributed by atoms with Gasteiger partial charge < -0.3 is 9.47 Å². The molecular weight excluding hydrogens is 235 g/mol. The number of halogens is 1. The Morgan fingerprint density at radius 2 is 1.89 bits per heavy atom. The smallest absolute Gasteiger partial charge is 0.343 e. The van der Waals surface area contributed by atoms with E-state index < -0.39 is 11.8 Å². The predicted molar refractivity (Wildman–Crippen MR) is 64.4 cm³/mol. The Morgan fingerprint density at radius 3 is 2.61 bits per heavy atom. The van der Waals surface area contributed by atoms with Crippen molar-refractivity contribution in [1.82, 2.24) is 0 Å². The lowest BCUT2D eigenvalue weighted by Gasteiger charge is -2.06. The first-order valence-electron chi connectivity index (χ1n) is 5.31. The maximum atomic E-state index is 13.3. The summed E-state index contributed by atoms with van der Waals surface area (Å²) in [6.45, 7) is 0. The fraction of sp³-hybridized carbons (Fsp3) is 0.0714. The molecule has 0 atom stereocenters. The van der Waals surface area contributed by atoms with Crippen molar-refractivity contribution in [2.75, 3.05) is 7.11 Å². The largest absolute Gasteiger partial charge is 0.497 e. The van der Waals surface area contributed by atoms with E-state index in [1.54, 1.807) is 24.3 Å². The standard InChI is InChI=1S/C14H11FO3/c1-17-11-6-4-5-10(9-11)14(16)18-13-8-3-2-7-12(13)15/h2-9H,1H3. The van der Waals surface area contributed by atoms with Crippen LogP contribution in [0.25, 0.3) is 0 Å². The van der Waals surface area contributed by atoms with E-state index in [-0.39, 0.29) is 5.75 Å². The van der Waals surface area contributed by atoms with Crippen LogP contribution < -0.4 is 9.47 Å². The number of methoxy groups -OCH3 is 1. The van der Waals surface area contributed by atoms with Gasteiger partial charge in [-0.15, -0.1) is 0 Å². The molecule has 0 N–H and O–H groups in total. The van der Waals surface area contributed by atoms with Crippen LogP contribution in [0.3, 0.4) is 0 Å². The third-order valence-electron chi connectivity index (χ3n) is 2.34. The monoisotopic (exact) mass is 246 g/mol. The van der Waals surface area contributed by atoms with Gasteiger partial charge in [-0.1, -0.05) is 18.2 Å². The fourth-order valence-corrected chi connectivity index (χ4v) is 1.44. The van der Waals surface area contributed by atoms with E-state index in [4.69, 9.17) is 9.47 Å². The van der Waals surface area contributed by atoms with Crippen LogP contribution in [0, 0.1) is 5.82 Å². The summed E-state index contributed by atoms with van der Waals surface area (Å²) in [6.07, 6.45) is 0. The van der Waals surface area contributed by atoms with Gasteiger partial charge in [-0.05, 0) is 30.3 Å². The van der Waals surface area contributed by atoms with Crippen molar-refractivity contribution in [3.8, 4) is 11.5 Å². The van der Waals surface area contributed by atoms with Gasteiger partial charge >= 0.3 is 5.97 Å². The van der Waals surface area contributed by atoms with E-state index in [1.165, 1.54) is 31.4 Å². The summed E-state index contributed by atoms with van der Waals surface area (Å²) in [6, 6.07) is 12.2. The molecule has 0 bridgehead atoms. The van der Waals surface area contributed by atoms with Crippen LogP contribution in [-0.4, -0.2) is 13.1 Å². The molecule has 0 saturated carbocycles. The Hall–Kier alpha value is -2.36. The highest BCUT2D eigenvalue weighted by atomic mass is 19.1. The number of esters is 1. The third kappa shape index (κ3) is 2.66. The zero-order valence-electron chi connectivity index (χ0n) is 9.72. The molecule has 0 radical (unpaired) electrons. The molecule has 3 nitrogen and oxygen atoms in total. The van der Waals surface area contributed by atoms with Crippen LogP contribution in [0.15, 0.2) is 48.5 Å². The van der Waals surface area contributed by atoms with Gasteiger partial charge in [0.1, 0.15) is 5.75 Å². The second kappa shape index (κ2) is 5.31. The van der Waals surface area contributed by atoms with Gasteiger partial charge in [-0.3, -0.25) is 0 Å². The van der Waals surface area contributed by atoms with E-state index in [9.17, 15) is 9.18 Å². The van der Waals surface area contributed by atoms with Gasteiger partial charge in [0.25, 0.3) is 0 Å². The van der Waals surface area contributed by atoms with Gasteiger partial charge in [-0.2, -0.15) is 0 Å². The summed E-state index contributed by atoms with van der Waals surface area (Å²) >= 11 is 0. The van der Waals surface area contributed by atoms with Crippen LogP contribution in [0.4, 0.5) is 4.39 Å². The molecule has 2 aromatic rings. The molecule has 2 aromatic carbocycles. The summed E-state index contributed by atoms with van der Waals surface area (Å²) in [7, 11) is 1.50. The van der Waals surface area contributed by atoms with E-state index in [2.05, 4.69) is 0 Å². The SMILES string of the molecule is COc1cccc(C(=O)Oc2ccccc2F)c1. The number of carbonyl (C=O) groups is 1. The van der Waals surface area contributed by atoms with Gasteiger partial charge in [-0.25, -0.2) is 9.18 Å². The van der Waals surface area contributed by atoms with Crippen molar-refractivity contribution in [2.45, 2.75) is 0 Å². The van der Waals surface area contributed by atoms with Crippen molar-refractivity contribution in [3.05, 3.63) is 59.9 Å². The van der Waals surface area contributed by atoms with Gasteiger partial charge in [0.05, 0.1) is 12.7 Å². The van der Waals surface area contributed by atoms with Crippen molar-refractivity contribution < 1.29 is 18.7 Å². The minimum atomic E-state index is -0.626. The minimum Gasteiger partial charge on any atom is -0.497 e. The topological polar surface area (TPSA) is 35.5 Å². The van der Waals surface area contributed by atoms with Crippen LogP contribution >= 0.6 is 0 Å². The zero-order valence-corrected chi connectivity index (χ0v) is 9.72. The first-order valence-corrected chi connectivity index (χ1v) is 5.31. The molecule has 2 rings (SSSR count). The molecule has 0 unspecified atom stereocenters. The second-order valence-electron chi connectivity index (χ2n) is 3.55. The Bertz CT molecular complexity index is 566. The van der Waals surface area contributed by atoms with Crippen LogP contribution in [0.1, 0.15) is 10.4 Å². The Balaban J connectivity index is 2.19. The first-order chi connectivity index (χ1) is 8.70. The highest BCUT2D eigenvalue weighted by molar-refractivity contribution is 5.91. The normalized spacial score (nSPS) is 9.89. The summed E-state index contributed by atoms with van der Waals surface area (Å²) in [5.41, 5.74) is 0.303. The quantitative estimate of drug-likeness (QED) is 0.616. The van der Waals surface area contributed by atoms with Crippen LogP contribution in [0.2, 0.25) is 0 Å². The number of ether oxygens (including phenoxy) is 2. The van der Waals surface area contributed by atoms with E-state index in [0.29, 0.717) is 11.3 Å². The van der Waals surface area contributed by atoms with Crippen molar-refractivity contribution in [3.63, 3.8) is 0 Å². The molecule has 0 saturated heterocycles. The molecule has 0 amide bonds. The maximum absolute atomic E-state index is 13.3. The lowest BCUT2D eigenvalue weighted by atomic mass is 10.2. The van der Waals surface area contributed by atoms with E-state index in [1.807, 2.05) is 0 Å². The average Bonchev–Trinajstić information content (AvgIpc) is 2.41. The minimum absolute atomic E-state index is 0.0923. The van der Waals surface area contributed by atoms with Gasteiger partial charge in [0, 0.05) is 0 Å². The first kappa shape index (κ1) is 12.1. The third-order valence-corrected chi connectivity index (χ3v) is 2.34. The maximum Gasteiger partial charge on any atom is 0.343 e. The van der Waals surface area contributed by atoms with Crippen LogP contribution in [0.5, 0.6) is 11.5 Å². The molecule has 0 fully saturated rings. The number of benzene rings is 2. The highest BCUT2D eigenvalue weighted by Gasteiger charge is 2.11. The highest BCUT2D eigenvalue weighted by Crippen LogP contribution is 2.19. The zero-order chi connectivity index (χ0) is 13.0. The summed E-state index contributed by atoms with van der Waals surface area (Å²) < 4.78 is 23.3. The lowest BCUT2D eigenvalue weighted by molar-refractivity contribution is 0.0727. The molecular formula is C14H11FO3. The number of hydrogen-bond acceptors (Lipinski definition) is 3. The molecule has 18 heavy (non-hydrogen) atoms. The second-order valence-corrected chi connectivity index (χ2v) is 3.55. The summed E-state index contributed by atoms with van der Waals surface area (Å²) in [5.74, 6) is -0.754. The molecule has 0 aromatic heterocycles. The molecule has 0 aliphatic rings. The fourth-order valence-electron chi connectivity index (χ4n) is 1.44. The van der Waals surface area contributed by atoms with Crippen molar-refractivity contribution in [2.24, 2.45) is 0 Å². The number of hydrogen-bond donors (Lipinski definition) is 0. The number of para-hydroxylation sites is 1. The Labute approximate surface area is 104 Å². The van der Waals surface area contributed by atoms with Crippen molar-refractivity contribution >= 4 is 5.97 Å². The van der Waals surface area contributed by atoms with Crippen molar-refractivity contribution in [1.29, 1.82) is 0 Å². The molecule has 0 aliphatic heterocycles. The Morgan fingerprint density at radius 1 is 1.11 bits per heavy atom. The van der Waals surface area contributed by atoms with Gasteiger partial charge in [0.15, 0.2) is 11.6 Å². The molecule has 0 heterocycles. The molecule has 0 spiro atoms. The summed E-state index contributed by atoms with van der Waals surface area (Å²) in [5, 5.41) is 0. The number of carbonyl (C=O) groups excluding carboxylic acids is 1. The average molecular weight is 246 g/mol. The Kier molecular flexibility index (Phi) is 3.57. The summed E-state index contributed by atoms with van der Waals surface area (Å²) in [4.78, 5) is 11.8. The lowest BCUT2D eigenvalue weighted by Crippen LogP contribution is -2.09. The van der Waals surface area contributed by atoms with Crippen LogP contribution in [-0.2, 0) is 0 Å². The molecule has 92 valence electrons. The molecule has 4 heteroatoms. The van der Waals surface area contributed by atoms with E-state index >= 15 is 0 Å². The predicted octanol–water partition coefficient (Wildman–Crippen LogP) is 3.05. The molecule has 0 aliphatic carbocycles. The number of rotatable bonds is 3. The van der Waals surface area contributed by atoms with Gasteiger partial charge in [0.2, 0.25) is 0 Å².